The lowest BCUT2D eigenvalue weighted by atomic mass is 10.1. The van der Waals surface area contributed by atoms with E-state index in [1.807, 2.05) is 30.3 Å². The molecule has 3 aliphatic rings. The molecule has 0 fully saturated rings. The van der Waals surface area contributed by atoms with E-state index in [9.17, 15) is 5.11 Å². The summed E-state index contributed by atoms with van der Waals surface area (Å²) in [6.07, 6.45) is 0.692. The summed E-state index contributed by atoms with van der Waals surface area (Å²) in [6.45, 7) is 3.13. The summed E-state index contributed by atoms with van der Waals surface area (Å²) in [5, 5.41) is 13.0. The van der Waals surface area contributed by atoms with E-state index in [2.05, 4.69) is 31.8 Å². The molecule has 0 saturated carbocycles. The standard InChI is InChI=1S/C22H24N6O3/c29-9-8-26-13-23-21-25-20(15-6-7-18-19(12-15)31-11-3-10-30-18)28-17-5-2-1-4-16(17)24-22(28)27(21)14-26/h1-2,4-7,12,20,29H,3,8-11,13-14H2,(H,23,25). The minimum atomic E-state index is -0.182. The normalized spacial score (nSPS) is 20.5. The van der Waals surface area contributed by atoms with Gasteiger partial charge in [-0.25, -0.2) is 9.98 Å². The molecule has 1 atom stereocenters. The fourth-order valence-electron chi connectivity index (χ4n) is 4.37. The summed E-state index contributed by atoms with van der Waals surface area (Å²) < 4.78 is 14.0. The van der Waals surface area contributed by atoms with Crippen molar-refractivity contribution in [3.8, 4) is 11.5 Å². The lowest BCUT2D eigenvalue weighted by Gasteiger charge is -2.41. The van der Waals surface area contributed by atoms with Crippen LogP contribution < -0.4 is 19.7 Å². The topological polar surface area (TPSA) is 87.4 Å². The van der Waals surface area contributed by atoms with Crippen molar-refractivity contribution in [2.24, 2.45) is 4.99 Å². The molecule has 1 unspecified atom stereocenters. The highest BCUT2D eigenvalue weighted by atomic mass is 16.5. The van der Waals surface area contributed by atoms with Crippen LogP contribution in [0, 0.1) is 0 Å². The Morgan fingerprint density at radius 3 is 2.87 bits per heavy atom. The zero-order valence-electron chi connectivity index (χ0n) is 17.1. The first kappa shape index (κ1) is 18.5. The van der Waals surface area contributed by atoms with E-state index in [-0.39, 0.29) is 12.8 Å². The predicted octanol–water partition coefficient (Wildman–Crippen LogP) is 1.73. The molecule has 0 saturated heterocycles. The van der Waals surface area contributed by atoms with Gasteiger partial charge in [-0.15, -0.1) is 0 Å². The number of β-amino-alcohol motifs (C(OH)–C–C–N with tert-alkyl or cyclic N) is 1. The maximum atomic E-state index is 9.36. The fourth-order valence-corrected chi connectivity index (χ4v) is 4.37. The average Bonchev–Trinajstić information content (AvgIpc) is 3.03. The second-order valence-corrected chi connectivity index (χ2v) is 7.88. The molecule has 9 heteroatoms. The molecule has 3 aromatic rings. The summed E-state index contributed by atoms with van der Waals surface area (Å²) >= 11 is 0. The third-order valence-electron chi connectivity index (χ3n) is 5.86. The molecule has 4 heterocycles. The van der Waals surface area contributed by atoms with Crippen molar-refractivity contribution in [2.45, 2.75) is 12.6 Å². The number of imidazole rings is 1. The Morgan fingerprint density at radius 2 is 1.97 bits per heavy atom. The van der Waals surface area contributed by atoms with Crippen molar-refractivity contribution in [2.75, 3.05) is 44.6 Å². The molecule has 2 N–H and O–H groups in total. The Hall–Kier alpha value is -3.30. The first-order valence-corrected chi connectivity index (χ1v) is 10.6. The Balaban J connectivity index is 1.48. The SMILES string of the molecule is OCCN1CN=C2NC(c3ccc4c(c3)OCCCO4)n3c(nc4ccccc43)N2C1. The van der Waals surface area contributed by atoms with E-state index in [0.717, 1.165) is 46.4 Å². The number of aromatic nitrogens is 2. The Morgan fingerprint density at radius 1 is 1.10 bits per heavy atom. The number of benzene rings is 2. The number of fused-ring (bicyclic) bond motifs is 6. The molecule has 0 aliphatic carbocycles. The number of aliphatic imine (C=N–C) groups is 1. The second kappa shape index (κ2) is 7.44. The van der Waals surface area contributed by atoms with Gasteiger partial charge >= 0.3 is 0 Å². The van der Waals surface area contributed by atoms with Crippen LogP contribution in [0.1, 0.15) is 18.2 Å². The second-order valence-electron chi connectivity index (χ2n) is 7.88. The van der Waals surface area contributed by atoms with Crippen LogP contribution in [0.4, 0.5) is 5.95 Å². The Labute approximate surface area is 179 Å². The number of nitrogens with zero attached hydrogens (tertiary/aromatic N) is 5. The van der Waals surface area contributed by atoms with Gasteiger partial charge in [0.2, 0.25) is 11.9 Å². The molecule has 0 radical (unpaired) electrons. The lowest BCUT2D eigenvalue weighted by molar-refractivity contribution is 0.195. The van der Waals surface area contributed by atoms with Gasteiger partial charge in [0.1, 0.15) is 6.17 Å². The van der Waals surface area contributed by atoms with E-state index in [4.69, 9.17) is 19.5 Å². The van der Waals surface area contributed by atoms with Crippen LogP contribution in [-0.4, -0.2) is 65.2 Å². The van der Waals surface area contributed by atoms with Crippen molar-refractivity contribution in [1.29, 1.82) is 0 Å². The van der Waals surface area contributed by atoms with Gasteiger partial charge in [0.05, 0.1) is 44.2 Å². The molecule has 2 aromatic carbocycles. The van der Waals surface area contributed by atoms with Crippen LogP contribution in [0.2, 0.25) is 0 Å². The van der Waals surface area contributed by atoms with Crippen molar-refractivity contribution >= 4 is 22.9 Å². The van der Waals surface area contributed by atoms with Gasteiger partial charge < -0.3 is 19.9 Å². The van der Waals surface area contributed by atoms with Gasteiger partial charge in [-0.3, -0.25) is 14.4 Å². The summed E-state index contributed by atoms with van der Waals surface area (Å²) in [5.41, 5.74) is 3.02. The van der Waals surface area contributed by atoms with Gasteiger partial charge in [-0.05, 0) is 29.8 Å². The monoisotopic (exact) mass is 420 g/mol. The van der Waals surface area contributed by atoms with Crippen LogP contribution in [0.3, 0.4) is 0 Å². The van der Waals surface area contributed by atoms with E-state index in [1.165, 1.54) is 0 Å². The highest BCUT2D eigenvalue weighted by molar-refractivity contribution is 5.98. The van der Waals surface area contributed by atoms with Crippen LogP contribution in [0.25, 0.3) is 11.0 Å². The number of guanidine groups is 1. The number of aliphatic hydroxyl groups is 1. The zero-order chi connectivity index (χ0) is 20.8. The summed E-state index contributed by atoms with van der Waals surface area (Å²) in [6, 6.07) is 14.2. The van der Waals surface area contributed by atoms with Gasteiger partial charge in [-0.1, -0.05) is 18.2 Å². The Kier molecular flexibility index (Phi) is 4.43. The molecule has 0 bridgehead atoms. The molecule has 31 heavy (non-hydrogen) atoms. The van der Waals surface area contributed by atoms with Crippen molar-refractivity contribution in [3.63, 3.8) is 0 Å². The number of hydrogen-bond acceptors (Lipinski definition) is 8. The fraction of sp³-hybridized carbons (Fsp3) is 0.364. The number of anilines is 1. The van der Waals surface area contributed by atoms with E-state index < -0.39 is 0 Å². The predicted molar refractivity (Wildman–Crippen MR) is 116 cm³/mol. The average molecular weight is 420 g/mol. The molecule has 3 aliphatic heterocycles. The quantitative estimate of drug-likeness (QED) is 0.667. The van der Waals surface area contributed by atoms with Crippen LogP contribution in [0.5, 0.6) is 11.5 Å². The van der Waals surface area contributed by atoms with Crippen molar-refractivity contribution in [1.82, 2.24) is 19.8 Å². The minimum absolute atomic E-state index is 0.0996. The van der Waals surface area contributed by atoms with E-state index >= 15 is 0 Å². The highest BCUT2D eigenvalue weighted by Gasteiger charge is 2.36. The maximum Gasteiger partial charge on any atom is 0.216 e. The highest BCUT2D eigenvalue weighted by Crippen LogP contribution is 2.37. The maximum absolute atomic E-state index is 9.36. The summed E-state index contributed by atoms with van der Waals surface area (Å²) in [4.78, 5) is 13.8. The number of ether oxygens (including phenoxy) is 2. The van der Waals surface area contributed by atoms with Crippen molar-refractivity contribution in [3.05, 3.63) is 48.0 Å². The van der Waals surface area contributed by atoms with Gasteiger partial charge in [-0.2, -0.15) is 0 Å². The van der Waals surface area contributed by atoms with Gasteiger partial charge in [0.15, 0.2) is 11.5 Å². The molecule has 160 valence electrons. The number of rotatable bonds is 3. The Bertz CT molecular complexity index is 1160. The van der Waals surface area contributed by atoms with Gasteiger partial charge in [0.25, 0.3) is 0 Å². The zero-order valence-corrected chi connectivity index (χ0v) is 17.1. The largest absolute Gasteiger partial charge is 0.490 e. The molecule has 1 aromatic heterocycles. The first-order chi connectivity index (χ1) is 15.3. The smallest absolute Gasteiger partial charge is 0.216 e. The third-order valence-corrected chi connectivity index (χ3v) is 5.86. The van der Waals surface area contributed by atoms with Crippen LogP contribution in [-0.2, 0) is 0 Å². The molecular formula is C22H24N6O3. The number of nitrogens with one attached hydrogen (secondary N) is 1. The lowest BCUT2D eigenvalue weighted by Crippen LogP contribution is -2.57. The van der Waals surface area contributed by atoms with E-state index in [0.29, 0.717) is 33.1 Å². The summed E-state index contributed by atoms with van der Waals surface area (Å²) in [5.74, 6) is 3.17. The third kappa shape index (κ3) is 3.08. The molecule has 0 spiro atoms. The van der Waals surface area contributed by atoms with Crippen molar-refractivity contribution < 1.29 is 14.6 Å². The number of hydrogen-bond donors (Lipinski definition) is 2. The molecular weight excluding hydrogens is 396 g/mol. The van der Waals surface area contributed by atoms with Crippen LogP contribution in [0.15, 0.2) is 47.5 Å². The number of aliphatic hydroxyl groups excluding tert-OH is 1. The molecule has 0 amide bonds. The molecule has 6 rings (SSSR count). The van der Waals surface area contributed by atoms with E-state index in [1.54, 1.807) is 0 Å². The van der Waals surface area contributed by atoms with Crippen LogP contribution >= 0.6 is 0 Å². The summed E-state index contributed by atoms with van der Waals surface area (Å²) in [7, 11) is 0. The number of para-hydroxylation sites is 2. The molecule has 9 nitrogen and oxygen atoms in total. The van der Waals surface area contributed by atoms with Gasteiger partial charge in [0, 0.05) is 13.0 Å². The first-order valence-electron chi connectivity index (χ1n) is 10.6. The minimum Gasteiger partial charge on any atom is -0.490 e.